The number of carbonyl (C=O) groups excluding carboxylic acids is 2. The van der Waals surface area contributed by atoms with Gasteiger partial charge in [0.25, 0.3) is 5.56 Å². The van der Waals surface area contributed by atoms with Crippen LogP contribution in [0.4, 0.5) is 0 Å². The van der Waals surface area contributed by atoms with Gasteiger partial charge in [0, 0.05) is 5.56 Å². The summed E-state index contributed by atoms with van der Waals surface area (Å²) in [5.41, 5.74) is 0.236. The number of carbonyl (C=O) groups is 2. The van der Waals surface area contributed by atoms with Crippen LogP contribution in [-0.4, -0.2) is 34.9 Å². The van der Waals surface area contributed by atoms with Crippen molar-refractivity contribution in [3.63, 3.8) is 0 Å². The maximum atomic E-state index is 12.4. The standard InChI is InChI=1S/C17H18N2O5/c1-3-23-15(20)11-19-16(21)13(17(22)24-4-2)10-14(18-19)12-8-6-5-7-9-12/h5-10H,3-4,11H2,1-2H3. The lowest BCUT2D eigenvalue weighted by atomic mass is 10.1. The highest BCUT2D eigenvalue weighted by atomic mass is 16.5. The topological polar surface area (TPSA) is 87.5 Å². The smallest absolute Gasteiger partial charge is 0.343 e. The Kier molecular flexibility index (Phi) is 5.83. The molecule has 0 aliphatic heterocycles. The summed E-state index contributed by atoms with van der Waals surface area (Å²) < 4.78 is 10.7. The summed E-state index contributed by atoms with van der Waals surface area (Å²) in [7, 11) is 0. The fourth-order valence-corrected chi connectivity index (χ4v) is 2.08. The highest BCUT2D eigenvalue weighted by molar-refractivity contribution is 5.90. The van der Waals surface area contributed by atoms with E-state index in [-0.39, 0.29) is 25.3 Å². The van der Waals surface area contributed by atoms with E-state index in [4.69, 9.17) is 9.47 Å². The maximum Gasteiger partial charge on any atom is 0.343 e. The Morgan fingerprint density at radius 2 is 1.75 bits per heavy atom. The van der Waals surface area contributed by atoms with Gasteiger partial charge in [0.15, 0.2) is 0 Å². The molecule has 24 heavy (non-hydrogen) atoms. The zero-order valence-corrected chi connectivity index (χ0v) is 13.5. The number of hydrogen-bond donors (Lipinski definition) is 0. The minimum Gasteiger partial charge on any atom is -0.465 e. The minimum atomic E-state index is -0.750. The summed E-state index contributed by atoms with van der Waals surface area (Å²) >= 11 is 0. The quantitative estimate of drug-likeness (QED) is 0.749. The van der Waals surface area contributed by atoms with Crippen LogP contribution < -0.4 is 5.56 Å². The van der Waals surface area contributed by atoms with Crippen molar-refractivity contribution >= 4 is 11.9 Å². The lowest BCUT2D eigenvalue weighted by Crippen LogP contribution is -2.32. The molecule has 2 aromatic rings. The maximum absolute atomic E-state index is 12.4. The van der Waals surface area contributed by atoms with Gasteiger partial charge in [-0.1, -0.05) is 30.3 Å². The fraction of sp³-hybridized carbons (Fsp3) is 0.294. The predicted molar refractivity (Wildman–Crippen MR) is 86.5 cm³/mol. The molecule has 0 bridgehead atoms. The van der Waals surface area contributed by atoms with Crippen molar-refractivity contribution in [2.24, 2.45) is 0 Å². The summed E-state index contributed by atoms with van der Waals surface area (Å²) in [6, 6.07) is 10.4. The second-order valence-corrected chi connectivity index (χ2v) is 4.80. The molecule has 0 saturated heterocycles. The number of benzene rings is 1. The highest BCUT2D eigenvalue weighted by Gasteiger charge is 2.19. The third kappa shape index (κ3) is 4.07. The van der Waals surface area contributed by atoms with Gasteiger partial charge in [0.05, 0.1) is 18.9 Å². The second kappa shape index (κ2) is 8.05. The van der Waals surface area contributed by atoms with Crippen LogP contribution in [0.25, 0.3) is 11.3 Å². The number of aromatic nitrogens is 2. The van der Waals surface area contributed by atoms with Gasteiger partial charge in [-0.15, -0.1) is 0 Å². The number of ether oxygens (including phenoxy) is 2. The fourth-order valence-electron chi connectivity index (χ4n) is 2.08. The van der Waals surface area contributed by atoms with Crippen LogP contribution in [0.3, 0.4) is 0 Å². The first-order chi connectivity index (χ1) is 11.6. The van der Waals surface area contributed by atoms with Gasteiger partial charge in [-0.25, -0.2) is 9.48 Å². The Bertz CT molecular complexity index is 783. The normalized spacial score (nSPS) is 10.2. The van der Waals surface area contributed by atoms with E-state index in [1.54, 1.807) is 26.0 Å². The first-order valence-electron chi connectivity index (χ1n) is 7.57. The molecule has 0 aliphatic carbocycles. The van der Waals surface area contributed by atoms with Crippen molar-refractivity contribution < 1.29 is 19.1 Å². The van der Waals surface area contributed by atoms with Gasteiger partial charge >= 0.3 is 11.9 Å². The van der Waals surface area contributed by atoms with Gasteiger partial charge in [0.1, 0.15) is 12.1 Å². The third-order valence-corrected chi connectivity index (χ3v) is 3.12. The van der Waals surface area contributed by atoms with Crippen LogP contribution in [0.5, 0.6) is 0 Å². The van der Waals surface area contributed by atoms with Crippen molar-refractivity contribution in [1.29, 1.82) is 0 Å². The van der Waals surface area contributed by atoms with Crippen LogP contribution in [0.1, 0.15) is 24.2 Å². The van der Waals surface area contributed by atoms with E-state index in [2.05, 4.69) is 5.10 Å². The zero-order chi connectivity index (χ0) is 17.5. The molecule has 2 rings (SSSR count). The van der Waals surface area contributed by atoms with E-state index in [9.17, 15) is 14.4 Å². The monoisotopic (exact) mass is 330 g/mol. The molecule has 1 aromatic carbocycles. The lowest BCUT2D eigenvalue weighted by molar-refractivity contribution is -0.144. The molecule has 0 amide bonds. The summed E-state index contributed by atoms with van der Waals surface area (Å²) in [5, 5.41) is 4.16. The molecule has 0 saturated carbocycles. The minimum absolute atomic E-state index is 0.138. The van der Waals surface area contributed by atoms with Crippen LogP contribution in [0.2, 0.25) is 0 Å². The molecular weight excluding hydrogens is 312 g/mol. The Hall–Kier alpha value is -2.96. The van der Waals surface area contributed by atoms with Crippen LogP contribution in [0.15, 0.2) is 41.2 Å². The first kappa shape index (κ1) is 17.4. The molecule has 0 fully saturated rings. The van der Waals surface area contributed by atoms with Crippen LogP contribution in [-0.2, 0) is 20.8 Å². The molecule has 0 spiro atoms. The van der Waals surface area contributed by atoms with Gasteiger partial charge < -0.3 is 9.47 Å². The molecule has 1 aromatic heterocycles. The summed E-state index contributed by atoms with van der Waals surface area (Å²) in [5.74, 6) is -1.35. The van der Waals surface area contributed by atoms with Crippen molar-refractivity contribution in [1.82, 2.24) is 9.78 Å². The molecule has 0 unspecified atom stereocenters. The van der Waals surface area contributed by atoms with Crippen LogP contribution in [0, 0.1) is 0 Å². The number of hydrogen-bond acceptors (Lipinski definition) is 6. The lowest BCUT2D eigenvalue weighted by Gasteiger charge is -2.10. The largest absolute Gasteiger partial charge is 0.465 e. The Balaban J connectivity index is 2.52. The van der Waals surface area contributed by atoms with Crippen molar-refractivity contribution in [3.05, 3.63) is 52.3 Å². The van der Waals surface area contributed by atoms with E-state index < -0.39 is 17.5 Å². The Morgan fingerprint density at radius 3 is 2.38 bits per heavy atom. The molecule has 126 valence electrons. The summed E-state index contributed by atoms with van der Waals surface area (Å²) in [4.78, 5) is 36.1. The number of esters is 2. The Labute approximate surface area is 138 Å². The van der Waals surface area contributed by atoms with Gasteiger partial charge in [-0.05, 0) is 19.9 Å². The molecule has 7 nitrogen and oxygen atoms in total. The third-order valence-electron chi connectivity index (χ3n) is 3.12. The number of nitrogens with zero attached hydrogens (tertiary/aromatic N) is 2. The molecule has 0 N–H and O–H groups in total. The van der Waals surface area contributed by atoms with Gasteiger partial charge in [0.2, 0.25) is 0 Å². The highest BCUT2D eigenvalue weighted by Crippen LogP contribution is 2.16. The summed E-state index contributed by atoms with van der Waals surface area (Å²) in [6.07, 6.45) is 0. The van der Waals surface area contributed by atoms with E-state index in [0.29, 0.717) is 11.3 Å². The van der Waals surface area contributed by atoms with Crippen molar-refractivity contribution in [3.8, 4) is 11.3 Å². The van der Waals surface area contributed by atoms with E-state index >= 15 is 0 Å². The Morgan fingerprint density at radius 1 is 1.08 bits per heavy atom. The van der Waals surface area contributed by atoms with Crippen molar-refractivity contribution in [2.75, 3.05) is 13.2 Å². The van der Waals surface area contributed by atoms with Gasteiger partial charge in [-0.3, -0.25) is 9.59 Å². The average molecular weight is 330 g/mol. The predicted octanol–water partition coefficient (Wildman–Crippen LogP) is 1.65. The molecule has 0 atom stereocenters. The molecular formula is C17H18N2O5. The van der Waals surface area contributed by atoms with Crippen LogP contribution >= 0.6 is 0 Å². The second-order valence-electron chi connectivity index (χ2n) is 4.80. The zero-order valence-electron chi connectivity index (χ0n) is 13.5. The van der Waals surface area contributed by atoms with E-state index in [1.165, 1.54) is 6.07 Å². The van der Waals surface area contributed by atoms with E-state index in [0.717, 1.165) is 4.68 Å². The van der Waals surface area contributed by atoms with Crippen molar-refractivity contribution in [2.45, 2.75) is 20.4 Å². The van der Waals surface area contributed by atoms with Gasteiger partial charge in [-0.2, -0.15) is 5.10 Å². The molecule has 7 heteroatoms. The molecule has 0 radical (unpaired) electrons. The average Bonchev–Trinajstić information content (AvgIpc) is 2.58. The first-order valence-corrected chi connectivity index (χ1v) is 7.57. The number of rotatable bonds is 6. The molecule has 0 aliphatic rings. The SMILES string of the molecule is CCOC(=O)Cn1nc(-c2ccccc2)cc(C(=O)OCC)c1=O. The summed E-state index contributed by atoms with van der Waals surface area (Å²) in [6.45, 7) is 3.27. The molecule has 1 heterocycles. The van der Waals surface area contributed by atoms with E-state index in [1.807, 2.05) is 18.2 Å².